The lowest BCUT2D eigenvalue weighted by Gasteiger charge is -2.09. The molecule has 3 aromatic rings. The molecule has 0 bridgehead atoms. The molecule has 118 valence electrons. The van der Waals surface area contributed by atoms with Gasteiger partial charge >= 0.3 is 0 Å². The first-order valence-electron chi connectivity index (χ1n) is 7.42. The third-order valence-electron chi connectivity index (χ3n) is 3.57. The van der Waals surface area contributed by atoms with Gasteiger partial charge in [-0.2, -0.15) is 5.10 Å². The molecule has 0 aliphatic heterocycles. The number of amides is 1. The molecular formula is C17H18N4O2. The number of nitrogens with zero attached hydrogens (tertiary/aromatic N) is 1. The molecule has 1 amide bonds. The molecule has 0 atom stereocenters. The number of hydrogen-bond acceptors (Lipinski definition) is 4. The van der Waals surface area contributed by atoms with E-state index >= 15 is 0 Å². The Morgan fingerprint density at radius 1 is 1.22 bits per heavy atom. The lowest BCUT2D eigenvalue weighted by molar-refractivity contribution is 0.0945. The van der Waals surface area contributed by atoms with E-state index in [9.17, 15) is 4.79 Å². The van der Waals surface area contributed by atoms with Crippen LogP contribution in [0.15, 0.2) is 48.7 Å². The number of benzene rings is 2. The predicted octanol–water partition coefficient (Wildman–Crippen LogP) is 1.90. The van der Waals surface area contributed by atoms with Crippen LogP contribution in [0.4, 0.5) is 5.69 Å². The summed E-state index contributed by atoms with van der Waals surface area (Å²) in [6, 6.07) is 13.3. The number of nitrogens with one attached hydrogen (secondary N) is 3. The Balaban J connectivity index is 1.71. The molecule has 1 aromatic heterocycles. The van der Waals surface area contributed by atoms with Crippen molar-refractivity contribution in [1.29, 1.82) is 0 Å². The molecule has 4 N–H and O–H groups in total. The number of aliphatic hydroxyl groups excluding tert-OH is 1. The van der Waals surface area contributed by atoms with E-state index in [2.05, 4.69) is 20.8 Å². The normalized spacial score (nSPS) is 10.7. The molecule has 0 aliphatic rings. The highest BCUT2D eigenvalue weighted by Crippen LogP contribution is 2.18. The smallest absolute Gasteiger partial charge is 0.251 e. The number of aliphatic hydroxyl groups is 1. The summed E-state index contributed by atoms with van der Waals surface area (Å²) in [6.45, 7) is 0.803. The fraction of sp³-hybridized carbons (Fsp3) is 0.176. The van der Waals surface area contributed by atoms with Crippen molar-refractivity contribution >= 4 is 22.5 Å². The van der Waals surface area contributed by atoms with Gasteiger partial charge in [0.2, 0.25) is 0 Å². The second-order valence-corrected chi connectivity index (χ2v) is 5.17. The van der Waals surface area contributed by atoms with Crippen LogP contribution in [0.25, 0.3) is 10.9 Å². The number of fused-ring (bicyclic) bond motifs is 1. The molecule has 6 nitrogen and oxygen atoms in total. The van der Waals surface area contributed by atoms with Crippen molar-refractivity contribution in [2.75, 3.05) is 18.5 Å². The van der Waals surface area contributed by atoms with Gasteiger partial charge in [0.1, 0.15) is 0 Å². The minimum Gasteiger partial charge on any atom is -0.395 e. The molecule has 23 heavy (non-hydrogen) atoms. The van der Waals surface area contributed by atoms with Crippen molar-refractivity contribution in [2.24, 2.45) is 0 Å². The molecule has 0 radical (unpaired) electrons. The first kappa shape index (κ1) is 15.1. The molecule has 6 heteroatoms. The van der Waals surface area contributed by atoms with E-state index in [0.29, 0.717) is 12.1 Å². The number of rotatable bonds is 6. The third-order valence-corrected chi connectivity index (χ3v) is 3.57. The van der Waals surface area contributed by atoms with Crippen LogP contribution in [0.1, 0.15) is 15.9 Å². The average Bonchev–Trinajstić information content (AvgIpc) is 3.07. The van der Waals surface area contributed by atoms with Gasteiger partial charge in [-0.1, -0.05) is 24.3 Å². The Kier molecular flexibility index (Phi) is 4.54. The van der Waals surface area contributed by atoms with Gasteiger partial charge in [0, 0.05) is 29.7 Å². The topological polar surface area (TPSA) is 90.0 Å². The van der Waals surface area contributed by atoms with Gasteiger partial charge in [0.05, 0.1) is 18.3 Å². The highest BCUT2D eigenvalue weighted by atomic mass is 16.3. The predicted molar refractivity (Wildman–Crippen MR) is 89.3 cm³/mol. The fourth-order valence-electron chi connectivity index (χ4n) is 2.42. The molecular weight excluding hydrogens is 292 g/mol. The van der Waals surface area contributed by atoms with Gasteiger partial charge < -0.3 is 15.7 Å². The van der Waals surface area contributed by atoms with E-state index in [1.165, 1.54) is 0 Å². The standard InChI is InChI=1S/C17H18N4O2/c22-8-7-18-17(23)12-3-2-6-15(9-12)19-10-13-4-1-5-14-11-20-21-16(13)14/h1-6,9,11,19,22H,7-8,10H2,(H,18,23)(H,20,21). The quantitative estimate of drug-likeness (QED) is 0.560. The van der Waals surface area contributed by atoms with Gasteiger partial charge in [-0.15, -0.1) is 0 Å². The number of H-pyrrole nitrogens is 1. The first-order valence-corrected chi connectivity index (χ1v) is 7.42. The van der Waals surface area contributed by atoms with Gasteiger partial charge in [0.25, 0.3) is 5.91 Å². The molecule has 0 saturated heterocycles. The third kappa shape index (κ3) is 3.49. The van der Waals surface area contributed by atoms with Crippen molar-refractivity contribution in [2.45, 2.75) is 6.54 Å². The zero-order valence-corrected chi connectivity index (χ0v) is 12.5. The molecule has 2 aromatic carbocycles. The summed E-state index contributed by atoms with van der Waals surface area (Å²) < 4.78 is 0. The Morgan fingerprint density at radius 2 is 2.09 bits per heavy atom. The largest absolute Gasteiger partial charge is 0.395 e. The molecule has 1 heterocycles. The zero-order chi connectivity index (χ0) is 16.1. The summed E-state index contributed by atoms with van der Waals surface area (Å²) in [5.41, 5.74) is 3.54. The van der Waals surface area contributed by atoms with Crippen molar-refractivity contribution in [3.8, 4) is 0 Å². The minimum atomic E-state index is -0.196. The van der Waals surface area contributed by atoms with Crippen LogP contribution in [0.5, 0.6) is 0 Å². The SMILES string of the molecule is O=C(NCCO)c1cccc(NCc2cccc3cn[nH]c23)c1. The summed E-state index contributed by atoms with van der Waals surface area (Å²) in [6.07, 6.45) is 1.80. The first-order chi connectivity index (χ1) is 11.3. The lowest BCUT2D eigenvalue weighted by atomic mass is 10.1. The van der Waals surface area contributed by atoms with E-state index in [4.69, 9.17) is 5.11 Å². The maximum atomic E-state index is 11.9. The maximum Gasteiger partial charge on any atom is 0.251 e. The van der Waals surface area contributed by atoms with E-state index in [1.54, 1.807) is 18.3 Å². The number of hydrogen-bond donors (Lipinski definition) is 4. The van der Waals surface area contributed by atoms with Gasteiger partial charge in [0.15, 0.2) is 0 Å². The summed E-state index contributed by atoms with van der Waals surface area (Å²) in [5, 5.41) is 22.8. The highest BCUT2D eigenvalue weighted by Gasteiger charge is 2.06. The van der Waals surface area contributed by atoms with Gasteiger partial charge in [-0.25, -0.2) is 0 Å². The van der Waals surface area contributed by atoms with Crippen LogP contribution in [-0.4, -0.2) is 34.4 Å². The van der Waals surface area contributed by atoms with Crippen LogP contribution in [0.3, 0.4) is 0 Å². The van der Waals surface area contributed by atoms with Crippen molar-refractivity contribution < 1.29 is 9.90 Å². The van der Waals surface area contributed by atoms with Crippen LogP contribution < -0.4 is 10.6 Å². The molecule has 3 rings (SSSR count). The fourth-order valence-corrected chi connectivity index (χ4v) is 2.42. The monoisotopic (exact) mass is 310 g/mol. The van der Waals surface area contributed by atoms with Crippen LogP contribution in [-0.2, 0) is 6.54 Å². The number of aromatic amines is 1. The summed E-state index contributed by atoms with van der Waals surface area (Å²) in [7, 11) is 0. The van der Waals surface area contributed by atoms with E-state index in [-0.39, 0.29) is 19.1 Å². The van der Waals surface area contributed by atoms with Crippen molar-refractivity contribution in [3.63, 3.8) is 0 Å². The van der Waals surface area contributed by atoms with Gasteiger partial charge in [-0.05, 0) is 23.8 Å². The Morgan fingerprint density at radius 3 is 2.96 bits per heavy atom. The van der Waals surface area contributed by atoms with Crippen LogP contribution >= 0.6 is 0 Å². The summed E-state index contributed by atoms with van der Waals surface area (Å²) in [5.74, 6) is -0.196. The summed E-state index contributed by atoms with van der Waals surface area (Å²) in [4.78, 5) is 11.9. The van der Waals surface area contributed by atoms with Crippen LogP contribution in [0.2, 0.25) is 0 Å². The Labute approximate surface area is 133 Å². The highest BCUT2D eigenvalue weighted by molar-refractivity contribution is 5.95. The summed E-state index contributed by atoms with van der Waals surface area (Å²) >= 11 is 0. The second kappa shape index (κ2) is 6.93. The van der Waals surface area contributed by atoms with Crippen molar-refractivity contribution in [1.82, 2.24) is 15.5 Å². The maximum absolute atomic E-state index is 11.9. The van der Waals surface area contributed by atoms with Crippen LogP contribution in [0, 0.1) is 0 Å². The number of carbonyl (C=O) groups excluding carboxylic acids is 1. The van der Waals surface area contributed by atoms with E-state index < -0.39 is 0 Å². The lowest BCUT2D eigenvalue weighted by Crippen LogP contribution is -2.26. The van der Waals surface area contributed by atoms with Gasteiger partial charge in [-0.3, -0.25) is 9.89 Å². The molecule has 0 saturated carbocycles. The average molecular weight is 310 g/mol. The number of para-hydroxylation sites is 1. The number of carbonyl (C=O) groups is 1. The molecule has 0 spiro atoms. The molecule has 0 fully saturated rings. The number of aromatic nitrogens is 2. The van der Waals surface area contributed by atoms with Crippen molar-refractivity contribution in [3.05, 3.63) is 59.8 Å². The molecule has 0 aliphatic carbocycles. The zero-order valence-electron chi connectivity index (χ0n) is 12.5. The molecule has 0 unspecified atom stereocenters. The Hall–Kier alpha value is -2.86. The van der Waals surface area contributed by atoms with E-state index in [1.807, 2.05) is 30.3 Å². The Bertz CT molecular complexity index is 813. The van der Waals surface area contributed by atoms with E-state index in [0.717, 1.165) is 22.2 Å². The minimum absolute atomic E-state index is 0.0716. The second-order valence-electron chi connectivity index (χ2n) is 5.17. The number of anilines is 1.